The molecule has 0 aromatic heterocycles. The van der Waals surface area contributed by atoms with E-state index >= 15 is 0 Å². The SMILES string of the molecule is CC1[C]([Hf+2][C]2=Cc3ccccc3C2C)=Cc2ccccc21.[Cl-].[Cl-]. The predicted molar refractivity (Wildman–Crippen MR) is 85.7 cm³/mol. The van der Waals surface area contributed by atoms with Gasteiger partial charge in [0.15, 0.2) is 0 Å². The molecule has 2 unspecified atom stereocenters. The molecule has 0 spiro atoms. The van der Waals surface area contributed by atoms with Crippen LogP contribution >= 0.6 is 0 Å². The fourth-order valence-corrected chi connectivity index (χ4v) is 8.96. The van der Waals surface area contributed by atoms with Gasteiger partial charge in [-0.15, -0.1) is 0 Å². The Bertz CT molecular complexity index is 711. The van der Waals surface area contributed by atoms with Gasteiger partial charge in [0.1, 0.15) is 0 Å². The summed E-state index contributed by atoms with van der Waals surface area (Å²) in [5.74, 6) is 1.28. The van der Waals surface area contributed by atoms with Crippen LogP contribution in [-0.2, 0) is 22.9 Å². The van der Waals surface area contributed by atoms with Crippen molar-refractivity contribution in [1.82, 2.24) is 0 Å². The topological polar surface area (TPSA) is 0 Å². The number of allylic oxidation sites excluding steroid dienone is 2. The van der Waals surface area contributed by atoms with E-state index in [1.54, 1.807) is 6.66 Å². The molecule has 116 valence electrons. The molecule has 2 aliphatic rings. The molecule has 0 amide bonds. The van der Waals surface area contributed by atoms with Gasteiger partial charge in [0.2, 0.25) is 0 Å². The zero-order valence-electron chi connectivity index (χ0n) is 13.2. The summed E-state index contributed by atoms with van der Waals surface area (Å²) in [7, 11) is 0. The molecular formula is C20H18Cl2Hf. The van der Waals surface area contributed by atoms with Crippen LogP contribution < -0.4 is 24.8 Å². The second-order valence-electron chi connectivity index (χ2n) is 6.03. The van der Waals surface area contributed by atoms with Crippen molar-refractivity contribution in [2.75, 3.05) is 0 Å². The standard InChI is InChI=1S/2C10H9.2ClH.Hf/c2*1-8-6-7-9-4-2-3-5-10(8)9;;;/h2*2-5,7-8H,1H3;2*1H;/q;;;;+2/p-2. The van der Waals surface area contributed by atoms with E-state index in [2.05, 4.69) is 74.5 Å². The molecule has 0 aliphatic heterocycles. The van der Waals surface area contributed by atoms with Crippen LogP contribution in [0.5, 0.6) is 0 Å². The molecule has 2 aliphatic carbocycles. The summed E-state index contributed by atoms with van der Waals surface area (Å²) in [6, 6.07) is 17.8. The van der Waals surface area contributed by atoms with Gasteiger partial charge in [0, 0.05) is 0 Å². The summed E-state index contributed by atoms with van der Waals surface area (Å²) in [6.07, 6.45) is 4.97. The van der Waals surface area contributed by atoms with E-state index in [1.165, 1.54) is 22.3 Å². The van der Waals surface area contributed by atoms with Crippen LogP contribution in [0.25, 0.3) is 12.2 Å². The van der Waals surface area contributed by atoms with Crippen LogP contribution in [0.15, 0.2) is 55.2 Å². The summed E-state index contributed by atoms with van der Waals surface area (Å²) in [6.45, 7) is 4.77. The summed E-state index contributed by atoms with van der Waals surface area (Å²) < 4.78 is 3.50. The van der Waals surface area contributed by atoms with E-state index in [0.717, 1.165) is 0 Å². The summed E-state index contributed by atoms with van der Waals surface area (Å²) >= 11 is -0.912. The summed E-state index contributed by atoms with van der Waals surface area (Å²) in [5, 5.41) is 0. The summed E-state index contributed by atoms with van der Waals surface area (Å²) in [5.41, 5.74) is 5.97. The second kappa shape index (κ2) is 7.51. The van der Waals surface area contributed by atoms with E-state index in [4.69, 9.17) is 0 Å². The maximum absolute atomic E-state index is 2.49. The van der Waals surface area contributed by atoms with Crippen molar-refractivity contribution in [3.63, 3.8) is 0 Å². The average Bonchev–Trinajstić information content (AvgIpc) is 2.99. The maximum atomic E-state index is 2.49. The fourth-order valence-electron chi connectivity index (χ4n) is 3.45. The van der Waals surface area contributed by atoms with Crippen molar-refractivity contribution in [2.45, 2.75) is 25.7 Å². The first kappa shape index (κ1) is 18.7. The molecule has 0 bridgehead atoms. The molecule has 0 radical (unpaired) electrons. The van der Waals surface area contributed by atoms with E-state index in [9.17, 15) is 0 Å². The van der Waals surface area contributed by atoms with Crippen LogP contribution in [0.3, 0.4) is 0 Å². The maximum Gasteiger partial charge on any atom is -1.00 e. The Morgan fingerprint density at radius 1 is 0.652 bits per heavy atom. The summed E-state index contributed by atoms with van der Waals surface area (Å²) in [4.78, 5) is 0. The quantitative estimate of drug-likeness (QED) is 0.476. The second-order valence-corrected chi connectivity index (χ2v) is 11.1. The zero-order valence-corrected chi connectivity index (χ0v) is 18.3. The van der Waals surface area contributed by atoms with Crippen molar-refractivity contribution in [1.29, 1.82) is 0 Å². The minimum atomic E-state index is -0.912. The molecule has 2 aromatic carbocycles. The Hall–Kier alpha value is -0.630. The molecule has 0 nitrogen and oxygen atoms in total. The molecule has 3 heteroatoms. The van der Waals surface area contributed by atoms with E-state index in [-0.39, 0.29) is 24.8 Å². The van der Waals surface area contributed by atoms with Crippen molar-refractivity contribution in [2.24, 2.45) is 0 Å². The molecule has 23 heavy (non-hydrogen) atoms. The molecule has 4 rings (SSSR count). The Balaban J connectivity index is 0.000000960. The first-order chi connectivity index (χ1) is 10.2. The predicted octanol–water partition coefficient (Wildman–Crippen LogP) is -0.607. The van der Waals surface area contributed by atoms with Crippen LogP contribution in [0.1, 0.15) is 47.9 Å². The molecule has 2 atom stereocenters. The third kappa shape index (κ3) is 3.29. The Morgan fingerprint density at radius 3 is 1.43 bits per heavy atom. The molecular weight excluding hydrogens is 490 g/mol. The van der Waals surface area contributed by atoms with Gasteiger partial charge in [-0.1, -0.05) is 0 Å². The molecule has 0 fully saturated rings. The van der Waals surface area contributed by atoms with Crippen LogP contribution in [0, 0.1) is 0 Å². The van der Waals surface area contributed by atoms with E-state index in [1.807, 2.05) is 0 Å². The third-order valence-corrected chi connectivity index (χ3v) is 11.0. The molecule has 2 aromatic rings. The van der Waals surface area contributed by atoms with Crippen LogP contribution in [-0.4, -0.2) is 0 Å². The van der Waals surface area contributed by atoms with Crippen LogP contribution in [0.4, 0.5) is 0 Å². The largest absolute Gasteiger partial charge is 1.00 e. The monoisotopic (exact) mass is 508 g/mol. The number of fused-ring (bicyclic) bond motifs is 2. The first-order valence-corrected chi connectivity index (χ1v) is 11.2. The van der Waals surface area contributed by atoms with Gasteiger partial charge < -0.3 is 24.8 Å². The number of rotatable bonds is 2. The average molecular weight is 508 g/mol. The molecule has 0 saturated heterocycles. The van der Waals surface area contributed by atoms with Gasteiger partial charge in [-0.25, -0.2) is 0 Å². The van der Waals surface area contributed by atoms with Crippen molar-refractivity contribution < 1.29 is 47.7 Å². The number of benzene rings is 2. The Labute approximate surface area is 162 Å². The van der Waals surface area contributed by atoms with E-state index < -0.39 is 22.9 Å². The normalized spacial score (nSPS) is 20.3. The van der Waals surface area contributed by atoms with E-state index in [0.29, 0.717) is 11.8 Å². The molecule has 0 heterocycles. The third-order valence-electron chi connectivity index (χ3n) is 4.77. The van der Waals surface area contributed by atoms with Crippen molar-refractivity contribution >= 4 is 12.2 Å². The Morgan fingerprint density at radius 2 is 1.04 bits per heavy atom. The molecule has 0 N–H and O–H groups in total. The van der Waals surface area contributed by atoms with Gasteiger partial charge in [0.05, 0.1) is 0 Å². The van der Waals surface area contributed by atoms with Crippen LogP contribution in [0.2, 0.25) is 0 Å². The number of halogens is 2. The fraction of sp³-hybridized carbons (Fsp3) is 0.200. The Kier molecular flexibility index (Phi) is 6.10. The minimum Gasteiger partial charge on any atom is -1.00 e. The first-order valence-electron chi connectivity index (χ1n) is 7.62. The van der Waals surface area contributed by atoms with Crippen molar-refractivity contribution in [3.05, 3.63) is 77.4 Å². The molecule has 0 saturated carbocycles. The van der Waals surface area contributed by atoms with Gasteiger partial charge in [0.25, 0.3) is 0 Å². The van der Waals surface area contributed by atoms with Gasteiger partial charge in [-0.05, 0) is 0 Å². The smallest absolute Gasteiger partial charge is 1.00 e. The number of hydrogen-bond acceptors (Lipinski definition) is 0. The van der Waals surface area contributed by atoms with Gasteiger partial charge in [-0.3, -0.25) is 0 Å². The minimum absolute atomic E-state index is 0. The van der Waals surface area contributed by atoms with Gasteiger partial charge >= 0.3 is 138 Å². The zero-order chi connectivity index (χ0) is 14.4. The van der Waals surface area contributed by atoms with Gasteiger partial charge in [-0.2, -0.15) is 0 Å². The number of hydrogen-bond donors (Lipinski definition) is 0. The van der Waals surface area contributed by atoms with Crippen molar-refractivity contribution in [3.8, 4) is 0 Å².